The first kappa shape index (κ1) is 13.6. The van der Waals surface area contributed by atoms with Gasteiger partial charge in [-0.05, 0) is 52.4 Å². The van der Waals surface area contributed by atoms with Gasteiger partial charge in [0.1, 0.15) is 5.82 Å². The van der Waals surface area contributed by atoms with E-state index in [1.807, 2.05) is 36.0 Å². The lowest BCUT2D eigenvalue weighted by molar-refractivity contribution is 0.0911. The first-order valence-corrected chi connectivity index (χ1v) is 7.53. The molecule has 0 saturated carbocycles. The molecule has 0 N–H and O–H groups in total. The molecule has 0 aromatic carbocycles. The van der Waals surface area contributed by atoms with E-state index >= 15 is 0 Å². The van der Waals surface area contributed by atoms with Crippen molar-refractivity contribution >= 4 is 21.7 Å². The van der Waals surface area contributed by atoms with E-state index in [9.17, 15) is 4.79 Å². The maximum Gasteiger partial charge on any atom is 0.165 e. The Labute approximate surface area is 127 Å². The zero-order chi connectivity index (χ0) is 14.5. The van der Waals surface area contributed by atoms with Crippen LogP contribution >= 0.6 is 15.9 Å². The first-order valence-electron chi connectivity index (χ1n) is 6.73. The summed E-state index contributed by atoms with van der Waals surface area (Å²) in [6.07, 6.45) is 5.29. The monoisotopic (exact) mass is 332 g/mol. The summed E-state index contributed by atoms with van der Waals surface area (Å²) in [5, 5.41) is 0. The van der Waals surface area contributed by atoms with Gasteiger partial charge in [0.05, 0.1) is 0 Å². The highest BCUT2D eigenvalue weighted by Gasteiger charge is 2.33. The molecule has 104 valence electrons. The van der Waals surface area contributed by atoms with E-state index in [1.54, 1.807) is 0 Å². The molecule has 2 heterocycles. The highest BCUT2D eigenvalue weighted by Crippen LogP contribution is 2.36. The van der Waals surface area contributed by atoms with Crippen LogP contribution in [0, 0.1) is 12.3 Å². The lowest BCUT2D eigenvalue weighted by Crippen LogP contribution is -2.27. The van der Waals surface area contributed by atoms with Gasteiger partial charge in [-0.15, -0.1) is 0 Å². The Bertz CT molecular complexity index is 700. The largest absolute Gasteiger partial charge is 0.305 e. The fraction of sp³-hybridized carbons (Fsp3) is 0.375. The number of hydrogen-bond donors (Lipinski definition) is 0. The normalized spacial score (nSPS) is 17.1. The van der Waals surface area contributed by atoms with Gasteiger partial charge in [-0.2, -0.15) is 0 Å². The van der Waals surface area contributed by atoms with E-state index in [1.165, 1.54) is 0 Å². The molecule has 0 fully saturated rings. The van der Waals surface area contributed by atoms with Crippen molar-refractivity contribution in [3.63, 3.8) is 0 Å². The maximum absolute atomic E-state index is 12.2. The molecule has 0 atom stereocenters. The molecule has 0 amide bonds. The highest BCUT2D eigenvalue weighted by molar-refractivity contribution is 9.10. The van der Waals surface area contributed by atoms with Crippen molar-refractivity contribution in [2.24, 2.45) is 5.41 Å². The fourth-order valence-corrected chi connectivity index (χ4v) is 3.03. The van der Waals surface area contributed by atoms with E-state index in [0.29, 0.717) is 6.42 Å². The van der Waals surface area contributed by atoms with E-state index < -0.39 is 0 Å². The van der Waals surface area contributed by atoms with Crippen LogP contribution in [0.1, 0.15) is 41.9 Å². The van der Waals surface area contributed by atoms with Gasteiger partial charge >= 0.3 is 0 Å². The lowest BCUT2D eigenvalue weighted by Gasteiger charge is -2.29. The number of ketones is 1. The quantitative estimate of drug-likeness (QED) is 0.788. The minimum absolute atomic E-state index is 0.0184. The number of nitrogens with zero attached hydrogens (tertiary/aromatic N) is 2. The van der Waals surface area contributed by atoms with Gasteiger partial charge in [-0.3, -0.25) is 4.79 Å². The molecule has 1 aliphatic carbocycles. The molecule has 0 bridgehead atoms. The molecule has 0 unspecified atom stereocenters. The average molecular weight is 333 g/mol. The Morgan fingerprint density at radius 3 is 2.80 bits per heavy atom. The Kier molecular flexibility index (Phi) is 3.09. The van der Waals surface area contributed by atoms with Crippen LogP contribution in [-0.2, 0) is 6.42 Å². The van der Waals surface area contributed by atoms with Crippen LogP contribution in [0.2, 0.25) is 0 Å². The lowest BCUT2D eigenvalue weighted by atomic mass is 9.76. The Hall–Kier alpha value is -1.42. The number of hydrogen-bond acceptors (Lipinski definition) is 2. The standard InChI is InChI=1S/C16H17BrN2O/c1-10-6-15(18-9-12(10)17)19-5-4-11-13(19)7-16(2,3)8-14(11)20/h4-6,9H,7-8H2,1-3H3. The summed E-state index contributed by atoms with van der Waals surface area (Å²) in [7, 11) is 0. The predicted octanol–water partition coefficient (Wildman–Crippen LogP) is 4.10. The number of halogens is 1. The Balaban J connectivity index is 2.13. The van der Waals surface area contributed by atoms with Gasteiger partial charge in [0, 0.05) is 34.5 Å². The summed E-state index contributed by atoms with van der Waals surface area (Å²) < 4.78 is 3.05. The Morgan fingerprint density at radius 1 is 1.35 bits per heavy atom. The fourth-order valence-electron chi connectivity index (χ4n) is 2.82. The second-order valence-electron chi connectivity index (χ2n) is 6.28. The molecule has 20 heavy (non-hydrogen) atoms. The zero-order valence-electron chi connectivity index (χ0n) is 11.9. The molecular weight excluding hydrogens is 316 g/mol. The van der Waals surface area contributed by atoms with Crippen LogP contribution in [0.3, 0.4) is 0 Å². The van der Waals surface area contributed by atoms with Crippen molar-refractivity contribution in [1.82, 2.24) is 9.55 Å². The summed E-state index contributed by atoms with van der Waals surface area (Å²) in [5.74, 6) is 1.11. The minimum Gasteiger partial charge on any atom is -0.305 e. The summed E-state index contributed by atoms with van der Waals surface area (Å²) >= 11 is 3.47. The molecule has 2 aromatic heterocycles. The van der Waals surface area contributed by atoms with Gasteiger partial charge in [-0.25, -0.2) is 4.98 Å². The third kappa shape index (κ3) is 2.22. The molecule has 0 spiro atoms. The summed E-state index contributed by atoms with van der Waals surface area (Å²) in [4.78, 5) is 16.7. The van der Waals surface area contributed by atoms with Gasteiger partial charge in [0.15, 0.2) is 5.78 Å². The number of carbonyl (C=O) groups excluding carboxylic acids is 1. The van der Waals surface area contributed by atoms with E-state index in [4.69, 9.17) is 0 Å². The molecule has 1 aliphatic rings. The molecule has 4 heteroatoms. The molecule has 0 saturated heterocycles. The number of aromatic nitrogens is 2. The van der Waals surface area contributed by atoms with E-state index in [-0.39, 0.29) is 11.2 Å². The number of carbonyl (C=O) groups is 1. The summed E-state index contributed by atoms with van der Waals surface area (Å²) in [6, 6.07) is 3.96. The molecule has 3 rings (SSSR count). The minimum atomic E-state index is 0.0184. The van der Waals surface area contributed by atoms with Crippen LogP contribution in [-0.4, -0.2) is 15.3 Å². The van der Waals surface area contributed by atoms with E-state index in [2.05, 4.69) is 34.8 Å². The third-order valence-corrected chi connectivity index (χ3v) is 4.69. The van der Waals surface area contributed by atoms with Crippen molar-refractivity contribution in [3.8, 4) is 5.82 Å². The highest BCUT2D eigenvalue weighted by atomic mass is 79.9. The topological polar surface area (TPSA) is 34.9 Å². The molecule has 0 radical (unpaired) electrons. The van der Waals surface area contributed by atoms with Gasteiger partial charge in [0.25, 0.3) is 0 Å². The zero-order valence-corrected chi connectivity index (χ0v) is 13.5. The van der Waals surface area contributed by atoms with Crippen LogP contribution in [0.15, 0.2) is 29.0 Å². The van der Waals surface area contributed by atoms with Crippen molar-refractivity contribution in [2.75, 3.05) is 0 Å². The second kappa shape index (κ2) is 4.55. The summed E-state index contributed by atoms with van der Waals surface area (Å²) in [6.45, 7) is 6.33. The third-order valence-electron chi connectivity index (χ3n) is 3.86. The number of Topliss-reactive ketones (excluding diaryl/α,β-unsaturated/α-hetero) is 1. The SMILES string of the molecule is Cc1cc(-n2ccc3c2CC(C)(C)CC3=O)ncc1Br. The number of fused-ring (bicyclic) bond motifs is 1. The van der Waals surface area contributed by atoms with Crippen molar-refractivity contribution < 1.29 is 4.79 Å². The molecular formula is C16H17BrN2O. The maximum atomic E-state index is 12.2. The van der Waals surface area contributed by atoms with Crippen molar-refractivity contribution in [1.29, 1.82) is 0 Å². The van der Waals surface area contributed by atoms with Crippen molar-refractivity contribution in [2.45, 2.75) is 33.6 Å². The van der Waals surface area contributed by atoms with Crippen LogP contribution in [0.25, 0.3) is 5.82 Å². The van der Waals surface area contributed by atoms with Crippen LogP contribution in [0.4, 0.5) is 0 Å². The van der Waals surface area contributed by atoms with Gasteiger partial charge in [-0.1, -0.05) is 13.8 Å². The van der Waals surface area contributed by atoms with Crippen LogP contribution in [0.5, 0.6) is 0 Å². The number of pyridine rings is 1. The summed E-state index contributed by atoms with van der Waals surface area (Å²) in [5.41, 5.74) is 3.09. The second-order valence-corrected chi connectivity index (χ2v) is 7.13. The van der Waals surface area contributed by atoms with E-state index in [0.717, 1.165) is 33.5 Å². The first-order chi connectivity index (χ1) is 9.37. The van der Waals surface area contributed by atoms with Gasteiger partial charge < -0.3 is 4.57 Å². The van der Waals surface area contributed by atoms with Crippen LogP contribution < -0.4 is 0 Å². The van der Waals surface area contributed by atoms with Crippen molar-refractivity contribution in [3.05, 3.63) is 45.8 Å². The average Bonchev–Trinajstić information content (AvgIpc) is 2.75. The molecule has 3 nitrogen and oxygen atoms in total. The molecule has 2 aromatic rings. The van der Waals surface area contributed by atoms with Gasteiger partial charge in [0.2, 0.25) is 0 Å². The molecule has 0 aliphatic heterocycles. The predicted molar refractivity (Wildman–Crippen MR) is 82.4 cm³/mol. The Morgan fingerprint density at radius 2 is 2.10 bits per heavy atom. The number of rotatable bonds is 1. The smallest absolute Gasteiger partial charge is 0.165 e. The number of aryl methyl sites for hydroxylation is 1.